The van der Waals surface area contributed by atoms with Crippen LogP contribution in [-0.2, 0) is 19.7 Å². The van der Waals surface area contributed by atoms with Crippen LogP contribution >= 0.6 is 15.9 Å². The third-order valence-corrected chi connectivity index (χ3v) is 10.3. The normalized spacial score (nSPS) is 17.9. The molecule has 0 amide bonds. The maximum atomic E-state index is 13.4. The van der Waals surface area contributed by atoms with Crippen LogP contribution < -0.4 is 0 Å². The zero-order valence-electron chi connectivity index (χ0n) is 14.7. The number of sulfone groups is 2. The maximum Gasteiger partial charge on any atom is 0.499 e. The molecule has 164 valence electrons. The molecule has 1 aromatic carbocycles. The largest absolute Gasteiger partial charge is 0.499 e. The first kappa shape index (κ1) is 24.2. The standard InChI is InChI=1S/C16H15BrF6O4S2/c1-2-3-6-10-9-14(28(24,25)15(18,19)20,29(26,27)16(21,22)23)13(10)11-7-4-5-8-12(11)17/h4-5,7-8H,2-3,6,9H2,1H3. The lowest BCUT2D eigenvalue weighted by Crippen LogP contribution is -2.60. The maximum absolute atomic E-state index is 13.4. The Balaban J connectivity index is 3.00. The lowest BCUT2D eigenvalue weighted by Gasteiger charge is -2.45. The Labute approximate surface area is 171 Å². The molecule has 29 heavy (non-hydrogen) atoms. The zero-order chi connectivity index (χ0) is 22.5. The summed E-state index contributed by atoms with van der Waals surface area (Å²) in [5.74, 6) is 0. The molecule has 0 saturated carbocycles. The van der Waals surface area contributed by atoms with Crippen LogP contribution in [0.5, 0.6) is 0 Å². The van der Waals surface area contributed by atoms with Crippen LogP contribution in [0.25, 0.3) is 5.57 Å². The molecule has 0 aliphatic heterocycles. The van der Waals surface area contributed by atoms with E-state index in [1.54, 1.807) is 6.92 Å². The Morgan fingerprint density at radius 1 is 0.966 bits per heavy atom. The molecular weight excluding hydrogens is 514 g/mol. The number of hydrogen-bond acceptors (Lipinski definition) is 4. The zero-order valence-corrected chi connectivity index (χ0v) is 18.0. The van der Waals surface area contributed by atoms with E-state index in [4.69, 9.17) is 0 Å². The van der Waals surface area contributed by atoms with E-state index in [-0.39, 0.29) is 22.0 Å². The second kappa shape index (κ2) is 7.56. The molecule has 1 aromatic rings. The Kier molecular flexibility index (Phi) is 6.30. The molecule has 2 rings (SSSR count). The van der Waals surface area contributed by atoms with Gasteiger partial charge in [-0.1, -0.05) is 53.0 Å². The van der Waals surface area contributed by atoms with Crippen molar-refractivity contribution in [1.82, 2.24) is 0 Å². The molecule has 0 saturated heterocycles. The average Bonchev–Trinajstić information content (AvgIpc) is 2.53. The third-order valence-electron chi connectivity index (χ3n) is 4.63. The molecule has 0 spiro atoms. The van der Waals surface area contributed by atoms with Gasteiger partial charge in [0.1, 0.15) is 0 Å². The molecule has 0 radical (unpaired) electrons. The van der Waals surface area contributed by atoms with Crippen LogP contribution in [0.1, 0.15) is 38.2 Å². The molecule has 0 aromatic heterocycles. The van der Waals surface area contributed by atoms with Gasteiger partial charge in [-0.15, -0.1) is 0 Å². The summed E-state index contributed by atoms with van der Waals surface area (Å²) in [6.07, 6.45) is -0.585. The highest BCUT2D eigenvalue weighted by atomic mass is 79.9. The van der Waals surface area contributed by atoms with E-state index in [0.29, 0.717) is 12.8 Å². The number of allylic oxidation sites excluding steroid dienone is 1. The summed E-state index contributed by atoms with van der Waals surface area (Å²) in [6, 6.07) is 5.01. The molecular formula is C16H15BrF6O4S2. The van der Waals surface area contributed by atoms with Gasteiger partial charge in [0.15, 0.2) is 0 Å². The van der Waals surface area contributed by atoms with E-state index >= 15 is 0 Å². The van der Waals surface area contributed by atoms with Crippen molar-refractivity contribution in [3.63, 3.8) is 0 Å². The third kappa shape index (κ3) is 3.52. The first-order chi connectivity index (χ1) is 13.1. The lowest BCUT2D eigenvalue weighted by molar-refractivity contribution is -0.0485. The lowest BCUT2D eigenvalue weighted by atomic mass is 9.80. The smallest absolute Gasteiger partial charge is 0.217 e. The van der Waals surface area contributed by atoms with Gasteiger partial charge in [0, 0.05) is 10.9 Å². The molecule has 0 bridgehead atoms. The van der Waals surface area contributed by atoms with E-state index in [9.17, 15) is 43.2 Å². The van der Waals surface area contributed by atoms with E-state index in [1.807, 2.05) is 0 Å². The van der Waals surface area contributed by atoms with E-state index in [0.717, 1.165) is 6.07 Å². The van der Waals surface area contributed by atoms with Crippen LogP contribution in [-0.4, -0.2) is 31.9 Å². The van der Waals surface area contributed by atoms with Gasteiger partial charge < -0.3 is 0 Å². The highest BCUT2D eigenvalue weighted by Crippen LogP contribution is 2.61. The minimum atomic E-state index is -6.80. The van der Waals surface area contributed by atoms with Crippen LogP contribution in [0.4, 0.5) is 26.3 Å². The molecule has 0 unspecified atom stereocenters. The highest BCUT2D eigenvalue weighted by molar-refractivity contribution is 9.10. The van der Waals surface area contributed by atoms with Gasteiger partial charge in [-0.05, 0) is 30.0 Å². The van der Waals surface area contributed by atoms with Gasteiger partial charge >= 0.3 is 11.0 Å². The second-order valence-corrected chi connectivity index (χ2v) is 11.8. The Morgan fingerprint density at radius 2 is 1.45 bits per heavy atom. The van der Waals surface area contributed by atoms with Crippen LogP contribution in [0, 0.1) is 0 Å². The number of unbranched alkanes of at least 4 members (excludes halogenated alkanes) is 1. The SMILES string of the molecule is CCCCC1=C(c2ccccc2Br)C(S(=O)(=O)C(F)(F)F)(S(=O)(=O)C(F)(F)F)C1. The fourth-order valence-electron chi connectivity index (χ4n) is 3.26. The number of rotatable bonds is 6. The van der Waals surface area contributed by atoms with Crippen molar-refractivity contribution < 1.29 is 43.2 Å². The van der Waals surface area contributed by atoms with Crippen LogP contribution in [0.15, 0.2) is 34.3 Å². The molecule has 13 heteroatoms. The van der Waals surface area contributed by atoms with Crippen molar-refractivity contribution >= 4 is 41.2 Å². The number of halogens is 7. The fraction of sp³-hybridized carbons (Fsp3) is 0.500. The summed E-state index contributed by atoms with van der Waals surface area (Å²) in [5.41, 5.74) is -13.8. The average molecular weight is 529 g/mol. The van der Waals surface area contributed by atoms with Crippen LogP contribution in [0.3, 0.4) is 0 Å². The predicted molar refractivity (Wildman–Crippen MR) is 97.9 cm³/mol. The molecule has 1 aliphatic carbocycles. The van der Waals surface area contributed by atoms with Crippen molar-refractivity contribution in [2.75, 3.05) is 0 Å². The number of benzene rings is 1. The van der Waals surface area contributed by atoms with Crippen molar-refractivity contribution in [1.29, 1.82) is 0 Å². The van der Waals surface area contributed by atoms with Crippen LogP contribution in [0.2, 0.25) is 0 Å². The number of hydrogen-bond donors (Lipinski definition) is 0. The second-order valence-electron chi connectivity index (χ2n) is 6.39. The predicted octanol–water partition coefficient (Wildman–Crippen LogP) is 5.36. The van der Waals surface area contributed by atoms with Crippen molar-refractivity contribution in [2.24, 2.45) is 0 Å². The number of alkyl halides is 6. The molecule has 0 fully saturated rings. The molecule has 0 atom stereocenters. The summed E-state index contributed by atoms with van der Waals surface area (Å²) in [6.45, 7) is 1.71. The fourth-order valence-corrected chi connectivity index (χ4v) is 7.99. The monoisotopic (exact) mass is 528 g/mol. The minimum Gasteiger partial charge on any atom is -0.217 e. The van der Waals surface area contributed by atoms with Crippen molar-refractivity contribution in [3.05, 3.63) is 39.9 Å². The summed E-state index contributed by atoms with van der Waals surface area (Å²) >= 11 is 2.97. The Bertz CT molecular complexity index is 996. The molecule has 0 heterocycles. The summed E-state index contributed by atoms with van der Waals surface area (Å²) in [4.78, 5) is 0. The van der Waals surface area contributed by atoms with E-state index in [1.165, 1.54) is 18.2 Å². The summed E-state index contributed by atoms with van der Waals surface area (Å²) < 4.78 is 125. The van der Waals surface area contributed by atoms with Gasteiger partial charge in [-0.2, -0.15) is 26.3 Å². The van der Waals surface area contributed by atoms with Crippen molar-refractivity contribution in [3.8, 4) is 0 Å². The molecule has 4 nitrogen and oxygen atoms in total. The van der Waals surface area contributed by atoms with Gasteiger partial charge in [0.05, 0.1) is 0 Å². The van der Waals surface area contributed by atoms with Gasteiger partial charge in [-0.25, -0.2) is 16.8 Å². The Hall–Kier alpha value is -1.08. The van der Waals surface area contributed by atoms with E-state index < -0.39 is 46.8 Å². The summed E-state index contributed by atoms with van der Waals surface area (Å²) in [5, 5.41) is 0. The van der Waals surface area contributed by atoms with E-state index in [2.05, 4.69) is 15.9 Å². The van der Waals surface area contributed by atoms with Gasteiger partial charge in [-0.3, -0.25) is 0 Å². The highest BCUT2D eigenvalue weighted by Gasteiger charge is 2.77. The first-order valence-electron chi connectivity index (χ1n) is 8.15. The topological polar surface area (TPSA) is 68.3 Å². The Morgan fingerprint density at radius 3 is 1.86 bits per heavy atom. The minimum absolute atomic E-state index is 0.0252. The van der Waals surface area contributed by atoms with Gasteiger partial charge in [0.2, 0.25) is 4.08 Å². The first-order valence-corrected chi connectivity index (χ1v) is 11.9. The van der Waals surface area contributed by atoms with Gasteiger partial charge in [0.25, 0.3) is 19.7 Å². The molecule has 1 aliphatic rings. The quantitative estimate of drug-likeness (QED) is 0.466. The molecule has 0 N–H and O–H groups in total. The summed E-state index contributed by atoms with van der Waals surface area (Å²) in [7, 11) is -13.6. The van der Waals surface area contributed by atoms with Crippen molar-refractivity contribution in [2.45, 2.75) is 47.7 Å².